The lowest BCUT2D eigenvalue weighted by Gasteiger charge is -2.15. The second kappa shape index (κ2) is 7.03. The van der Waals surface area contributed by atoms with Crippen LogP contribution in [-0.4, -0.2) is 47.5 Å². The highest BCUT2D eigenvalue weighted by molar-refractivity contribution is 5.44. The van der Waals surface area contributed by atoms with Crippen LogP contribution in [0.1, 0.15) is 13.8 Å². The normalized spacial score (nSPS) is 12.5. The van der Waals surface area contributed by atoms with Crippen molar-refractivity contribution in [1.82, 2.24) is 9.97 Å². The third kappa shape index (κ3) is 4.97. The number of rotatable bonds is 7. The maximum absolute atomic E-state index is 9.51. The Hall–Kier alpha value is -1.40. The molecule has 1 heterocycles. The molecular formula is C11H19N3O3. The zero-order valence-corrected chi connectivity index (χ0v) is 10.4. The van der Waals surface area contributed by atoms with E-state index in [9.17, 15) is 5.11 Å². The summed E-state index contributed by atoms with van der Waals surface area (Å²) < 4.78 is 10.3. The highest BCUT2D eigenvalue weighted by Crippen LogP contribution is 2.18. The molecule has 17 heavy (non-hydrogen) atoms. The standard InChI is InChI=1S/C11H19N3O3/c1-8(2)17-11-10(12-4-5-13-11)14-6-9(15)7-16-3/h4-5,8-9,15H,6-7H2,1-3H3,(H,12,14). The Kier molecular flexibility index (Phi) is 5.65. The molecule has 1 atom stereocenters. The van der Waals surface area contributed by atoms with Gasteiger partial charge in [0.1, 0.15) is 0 Å². The average Bonchev–Trinajstić information content (AvgIpc) is 2.27. The Morgan fingerprint density at radius 2 is 2.06 bits per heavy atom. The molecule has 6 nitrogen and oxygen atoms in total. The minimum absolute atomic E-state index is 0.0242. The Morgan fingerprint density at radius 3 is 2.71 bits per heavy atom. The maximum Gasteiger partial charge on any atom is 0.257 e. The molecule has 0 aliphatic rings. The molecule has 1 unspecified atom stereocenters. The fraction of sp³-hybridized carbons (Fsp3) is 0.636. The topological polar surface area (TPSA) is 76.5 Å². The van der Waals surface area contributed by atoms with Crippen LogP contribution in [0.3, 0.4) is 0 Å². The van der Waals surface area contributed by atoms with Gasteiger partial charge < -0.3 is 19.9 Å². The van der Waals surface area contributed by atoms with Gasteiger partial charge in [-0.2, -0.15) is 0 Å². The summed E-state index contributed by atoms with van der Waals surface area (Å²) in [5, 5.41) is 12.5. The third-order valence-electron chi connectivity index (χ3n) is 1.88. The molecule has 6 heteroatoms. The van der Waals surface area contributed by atoms with E-state index < -0.39 is 6.10 Å². The summed E-state index contributed by atoms with van der Waals surface area (Å²) >= 11 is 0. The van der Waals surface area contributed by atoms with Gasteiger partial charge in [0.2, 0.25) is 0 Å². The van der Waals surface area contributed by atoms with Gasteiger partial charge in [-0.15, -0.1) is 0 Å². The van der Waals surface area contributed by atoms with E-state index in [1.165, 1.54) is 0 Å². The van der Waals surface area contributed by atoms with Crippen LogP contribution in [-0.2, 0) is 4.74 Å². The van der Waals surface area contributed by atoms with Crippen LogP contribution in [0.15, 0.2) is 12.4 Å². The van der Waals surface area contributed by atoms with E-state index in [1.54, 1.807) is 19.5 Å². The summed E-state index contributed by atoms with van der Waals surface area (Å²) in [4.78, 5) is 8.20. The van der Waals surface area contributed by atoms with Gasteiger partial charge in [0.25, 0.3) is 5.88 Å². The van der Waals surface area contributed by atoms with Crippen LogP contribution in [0.5, 0.6) is 5.88 Å². The zero-order valence-electron chi connectivity index (χ0n) is 10.4. The molecule has 0 saturated carbocycles. The van der Waals surface area contributed by atoms with Crippen molar-refractivity contribution in [3.63, 3.8) is 0 Å². The van der Waals surface area contributed by atoms with E-state index in [0.717, 1.165) is 0 Å². The number of aliphatic hydroxyl groups is 1. The summed E-state index contributed by atoms with van der Waals surface area (Å²) in [5.74, 6) is 0.962. The largest absolute Gasteiger partial charge is 0.472 e. The highest BCUT2D eigenvalue weighted by Gasteiger charge is 2.10. The lowest BCUT2D eigenvalue weighted by atomic mass is 10.4. The Morgan fingerprint density at radius 1 is 1.35 bits per heavy atom. The van der Waals surface area contributed by atoms with Crippen LogP contribution in [0, 0.1) is 0 Å². The van der Waals surface area contributed by atoms with E-state index in [2.05, 4.69) is 15.3 Å². The first-order valence-corrected chi connectivity index (χ1v) is 5.52. The van der Waals surface area contributed by atoms with Gasteiger partial charge in [-0.3, -0.25) is 0 Å². The van der Waals surface area contributed by atoms with Gasteiger partial charge in [0.05, 0.1) is 18.8 Å². The monoisotopic (exact) mass is 241 g/mol. The molecule has 96 valence electrons. The SMILES string of the molecule is COCC(O)CNc1nccnc1OC(C)C. The van der Waals surface area contributed by atoms with Gasteiger partial charge in [0.15, 0.2) is 5.82 Å². The molecule has 2 N–H and O–H groups in total. The van der Waals surface area contributed by atoms with E-state index >= 15 is 0 Å². The first-order chi connectivity index (χ1) is 8.13. The molecule has 0 spiro atoms. The first-order valence-electron chi connectivity index (χ1n) is 5.52. The predicted molar refractivity (Wildman–Crippen MR) is 64.2 cm³/mol. The van der Waals surface area contributed by atoms with Gasteiger partial charge in [-0.1, -0.05) is 0 Å². The van der Waals surface area contributed by atoms with Crippen molar-refractivity contribution in [3.8, 4) is 5.88 Å². The average molecular weight is 241 g/mol. The van der Waals surface area contributed by atoms with Crippen molar-refractivity contribution >= 4 is 5.82 Å². The fourth-order valence-electron chi connectivity index (χ4n) is 1.22. The number of ether oxygens (including phenoxy) is 2. The van der Waals surface area contributed by atoms with Crippen LogP contribution < -0.4 is 10.1 Å². The predicted octanol–water partition coefficient (Wildman–Crippen LogP) is 0.683. The molecule has 0 aliphatic heterocycles. The fourth-order valence-corrected chi connectivity index (χ4v) is 1.22. The molecule has 0 fully saturated rings. The van der Waals surface area contributed by atoms with E-state index in [-0.39, 0.29) is 12.7 Å². The lowest BCUT2D eigenvalue weighted by molar-refractivity contribution is 0.0726. The minimum atomic E-state index is -0.589. The molecule has 0 amide bonds. The lowest BCUT2D eigenvalue weighted by Crippen LogP contribution is -2.25. The quantitative estimate of drug-likeness (QED) is 0.731. The highest BCUT2D eigenvalue weighted by atomic mass is 16.5. The molecule has 1 aromatic rings. The van der Waals surface area contributed by atoms with Crippen LogP contribution in [0.25, 0.3) is 0 Å². The second-order valence-corrected chi connectivity index (χ2v) is 3.87. The Bertz CT molecular complexity index is 333. The van der Waals surface area contributed by atoms with E-state index in [4.69, 9.17) is 9.47 Å². The van der Waals surface area contributed by atoms with E-state index in [0.29, 0.717) is 18.2 Å². The molecule has 0 aliphatic carbocycles. The third-order valence-corrected chi connectivity index (χ3v) is 1.88. The number of hydrogen-bond acceptors (Lipinski definition) is 6. The molecular weight excluding hydrogens is 222 g/mol. The van der Waals surface area contributed by atoms with Crippen LogP contribution in [0.4, 0.5) is 5.82 Å². The van der Waals surface area contributed by atoms with E-state index in [1.807, 2.05) is 13.8 Å². The molecule has 1 rings (SSSR count). The van der Waals surface area contributed by atoms with Crippen molar-refractivity contribution < 1.29 is 14.6 Å². The maximum atomic E-state index is 9.51. The number of nitrogens with zero attached hydrogens (tertiary/aromatic N) is 2. The molecule has 0 aromatic carbocycles. The number of nitrogens with one attached hydrogen (secondary N) is 1. The van der Waals surface area contributed by atoms with Gasteiger partial charge in [-0.25, -0.2) is 9.97 Å². The first kappa shape index (κ1) is 13.7. The van der Waals surface area contributed by atoms with Crippen molar-refractivity contribution in [2.24, 2.45) is 0 Å². The van der Waals surface area contributed by atoms with Crippen LogP contribution >= 0.6 is 0 Å². The number of hydrogen-bond donors (Lipinski definition) is 2. The zero-order chi connectivity index (χ0) is 12.7. The van der Waals surface area contributed by atoms with Crippen molar-refractivity contribution in [2.45, 2.75) is 26.1 Å². The minimum Gasteiger partial charge on any atom is -0.472 e. The molecule has 0 saturated heterocycles. The van der Waals surface area contributed by atoms with Gasteiger partial charge in [0, 0.05) is 26.0 Å². The van der Waals surface area contributed by atoms with Gasteiger partial charge in [-0.05, 0) is 13.8 Å². The second-order valence-electron chi connectivity index (χ2n) is 3.87. The number of anilines is 1. The number of aromatic nitrogens is 2. The summed E-state index contributed by atoms with van der Waals surface area (Å²) in [6, 6.07) is 0. The summed E-state index contributed by atoms with van der Waals surface area (Å²) in [6.07, 6.45) is 2.57. The smallest absolute Gasteiger partial charge is 0.257 e. The molecule has 1 aromatic heterocycles. The molecule has 0 bridgehead atoms. The number of methoxy groups -OCH3 is 1. The van der Waals surface area contributed by atoms with Gasteiger partial charge >= 0.3 is 0 Å². The summed E-state index contributed by atoms with van der Waals surface area (Å²) in [5.41, 5.74) is 0. The Balaban J connectivity index is 2.57. The summed E-state index contributed by atoms with van der Waals surface area (Å²) in [6.45, 7) is 4.44. The Labute approximate surface area is 101 Å². The van der Waals surface area contributed by atoms with Crippen molar-refractivity contribution in [3.05, 3.63) is 12.4 Å². The van der Waals surface area contributed by atoms with Crippen molar-refractivity contribution in [2.75, 3.05) is 25.6 Å². The molecule has 0 radical (unpaired) electrons. The number of aliphatic hydroxyl groups excluding tert-OH is 1. The van der Waals surface area contributed by atoms with Crippen molar-refractivity contribution in [1.29, 1.82) is 0 Å². The van der Waals surface area contributed by atoms with Crippen LogP contribution in [0.2, 0.25) is 0 Å². The summed E-state index contributed by atoms with van der Waals surface area (Å²) in [7, 11) is 1.54.